The highest BCUT2D eigenvalue weighted by Gasteiger charge is 2.23. The van der Waals surface area contributed by atoms with Gasteiger partial charge < -0.3 is 9.47 Å². The number of esters is 2. The first kappa shape index (κ1) is 32.9. The molecule has 2 atom stereocenters. The fourth-order valence-corrected chi connectivity index (χ4v) is 9.63. The molecule has 8 heteroatoms. The molecule has 234 valence electrons. The van der Waals surface area contributed by atoms with Crippen LogP contribution in [0.3, 0.4) is 0 Å². The summed E-state index contributed by atoms with van der Waals surface area (Å²) in [6.07, 6.45) is 8.88. The molecule has 1 aromatic carbocycles. The molecule has 2 unspecified atom stereocenters. The molecule has 0 amide bonds. The maximum absolute atomic E-state index is 13.0. The van der Waals surface area contributed by atoms with Crippen molar-refractivity contribution in [1.82, 2.24) is 0 Å². The molecule has 0 fully saturated rings. The zero-order valence-electron chi connectivity index (χ0n) is 26.1. The largest absolute Gasteiger partial charge is 0.461 e. The number of fused-ring (bicyclic) bond motifs is 2. The molecule has 5 aromatic rings. The van der Waals surface area contributed by atoms with E-state index in [0.29, 0.717) is 34.8 Å². The number of rotatable bonds is 16. The minimum Gasteiger partial charge on any atom is -0.461 e. The number of hydrogen-bond donors (Lipinski definition) is 0. The first-order chi connectivity index (χ1) is 21.5. The molecular weight excluding hydrogens is 625 g/mol. The van der Waals surface area contributed by atoms with Crippen LogP contribution in [0, 0.1) is 11.8 Å². The second-order valence-electron chi connectivity index (χ2n) is 11.4. The van der Waals surface area contributed by atoms with E-state index in [2.05, 4.69) is 62.7 Å². The number of benzene rings is 1. The fraction of sp³-hybridized carbons (Fsp3) is 0.444. The highest BCUT2D eigenvalue weighted by molar-refractivity contribution is 7.23. The van der Waals surface area contributed by atoms with Gasteiger partial charge in [-0.25, -0.2) is 9.59 Å². The Kier molecular flexibility index (Phi) is 11.7. The number of thiophene rings is 4. The average molecular weight is 667 g/mol. The zero-order chi connectivity index (χ0) is 31.1. The van der Waals surface area contributed by atoms with Crippen LogP contribution in [0.2, 0.25) is 0 Å². The van der Waals surface area contributed by atoms with Crippen molar-refractivity contribution in [1.29, 1.82) is 0 Å². The molecule has 0 bridgehead atoms. The van der Waals surface area contributed by atoms with Crippen molar-refractivity contribution in [2.24, 2.45) is 11.8 Å². The summed E-state index contributed by atoms with van der Waals surface area (Å²) < 4.78 is 13.9. The second kappa shape index (κ2) is 15.7. The van der Waals surface area contributed by atoms with Gasteiger partial charge >= 0.3 is 11.9 Å². The SMILES string of the molecule is CCCCC(CC)COC(=O)c1ccc(-c2c3ccsc3c(-c3ccc(C(=O)OCC(CC)CCCC)s3)c3ccsc23)s1. The third-order valence-electron chi connectivity index (χ3n) is 8.42. The summed E-state index contributed by atoms with van der Waals surface area (Å²) in [5.41, 5.74) is 2.34. The number of carbonyl (C=O) groups is 2. The van der Waals surface area contributed by atoms with Gasteiger partial charge in [-0.3, -0.25) is 0 Å². The van der Waals surface area contributed by atoms with Crippen LogP contribution in [-0.4, -0.2) is 25.2 Å². The summed E-state index contributed by atoms with van der Waals surface area (Å²) >= 11 is 6.46. The van der Waals surface area contributed by atoms with Crippen LogP contribution in [0.15, 0.2) is 47.2 Å². The molecule has 0 N–H and O–H groups in total. The maximum Gasteiger partial charge on any atom is 0.348 e. The monoisotopic (exact) mass is 666 g/mol. The molecule has 0 aliphatic rings. The Hall–Kier alpha value is -2.52. The van der Waals surface area contributed by atoms with E-state index < -0.39 is 0 Å². The van der Waals surface area contributed by atoms with Gasteiger partial charge in [0.05, 0.1) is 13.2 Å². The Labute approximate surface area is 277 Å². The van der Waals surface area contributed by atoms with Gasteiger partial charge in [0.15, 0.2) is 0 Å². The van der Waals surface area contributed by atoms with Gasteiger partial charge in [-0.2, -0.15) is 0 Å². The molecule has 0 aliphatic carbocycles. The normalized spacial score (nSPS) is 13.0. The summed E-state index contributed by atoms with van der Waals surface area (Å²) in [5.74, 6) is 0.373. The lowest BCUT2D eigenvalue weighted by molar-refractivity contribution is 0.0425. The highest BCUT2D eigenvalue weighted by atomic mass is 32.1. The molecule has 4 heterocycles. The zero-order valence-corrected chi connectivity index (χ0v) is 29.4. The Balaban J connectivity index is 1.40. The summed E-state index contributed by atoms with van der Waals surface area (Å²) in [7, 11) is 0. The van der Waals surface area contributed by atoms with E-state index >= 15 is 0 Å². The Bertz CT molecular complexity index is 1520. The van der Waals surface area contributed by atoms with Crippen molar-refractivity contribution < 1.29 is 19.1 Å². The number of hydrogen-bond acceptors (Lipinski definition) is 8. The van der Waals surface area contributed by atoms with E-state index in [-0.39, 0.29) is 11.9 Å². The van der Waals surface area contributed by atoms with Gasteiger partial charge in [0.2, 0.25) is 0 Å². The maximum atomic E-state index is 13.0. The minimum atomic E-state index is -0.231. The summed E-state index contributed by atoms with van der Waals surface area (Å²) in [5, 5.41) is 6.61. The van der Waals surface area contributed by atoms with Crippen LogP contribution in [0.1, 0.15) is 98.4 Å². The van der Waals surface area contributed by atoms with Gasteiger partial charge in [-0.1, -0.05) is 66.2 Å². The lowest BCUT2D eigenvalue weighted by Gasteiger charge is -2.14. The van der Waals surface area contributed by atoms with E-state index in [0.717, 1.165) is 61.1 Å². The van der Waals surface area contributed by atoms with Crippen LogP contribution in [0.4, 0.5) is 0 Å². The fourth-order valence-electron chi connectivity index (χ4n) is 5.62. The quantitative estimate of drug-likeness (QED) is 0.0984. The first-order valence-corrected chi connectivity index (χ1v) is 19.3. The molecule has 44 heavy (non-hydrogen) atoms. The van der Waals surface area contributed by atoms with Gasteiger partial charge in [0, 0.05) is 41.1 Å². The summed E-state index contributed by atoms with van der Waals surface area (Å²) in [4.78, 5) is 29.4. The van der Waals surface area contributed by atoms with E-state index in [1.54, 1.807) is 22.7 Å². The lowest BCUT2D eigenvalue weighted by atomic mass is 10.0. The lowest BCUT2D eigenvalue weighted by Crippen LogP contribution is -2.13. The van der Waals surface area contributed by atoms with Gasteiger partial charge in [0.1, 0.15) is 9.75 Å². The Morgan fingerprint density at radius 3 is 1.45 bits per heavy atom. The van der Waals surface area contributed by atoms with Crippen molar-refractivity contribution in [2.75, 3.05) is 13.2 Å². The number of ether oxygens (including phenoxy) is 2. The van der Waals surface area contributed by atoms with E-state index in [4.69, 9.17) is 9.47 Å². The summed E-state index contributed by atoms with van der Waals surface area (Å²) in [6, 6.07) is 12.3. The molecule has 0 aliphatic heterocycles. The Morgan fingerprint density at radius 2 is 1.07 bits per heavy atom. The van der Waals surface area contributed by atoms with Crippen molar-refractivity contribution in [3.8, 4) is 20.9 Å². The molecule has 5 rings (SSSR count). The van der Waals surface area contributed by atoms with Crippen LogP contribution in [0.25, 0.3) is 41.1 Å². The molecule has 0 saturated heterocycles. The number of carbonyl (C=O) groups excluding carboxylic acids is 2. The third kappa shape index (κ3) is 7.30. The molecule has 0 spiro atoms. The van der Waals surface area contributed by atoms with Crippen molar-refractivity contribution in [2.45, 2.75) is 79.1 Å². The van der Waals surface area contributed by atoms with Crippen molar-refractivity contribution >= 4 is 77.5 Å². The third-order valence-corrected chi connectivity index (χ3v) is 12.4. The number of unbranched alkanes of at least 4 members (excludes halogenated alkanes) is 2. The van der Waals surface area contributed by atoms with Crippen molar-refractivity contribution in [3.63, 3.8) is 0 Å². The predicted octanol–water partition coefficient (Wildman–Crippen LogP) is 12.3. The second-order valence-corrected chi connectivity index (χ2v) is 15.4. The van der Waals surface area contributed by atoms with E-state index in [1.807, 2.05) is 12.1 Å². The van der Waals surface area contributed by atoms with Gasteiger partial charge in [-0.15, -0.1) is 45.3 Å². The van der Waals surface area contributed by atoms with E-state index in [9.17, 15) is 9.59 Å². The average Bonchev–Trinajstić information content (AvgIpc) is 3.87. The van der Waals surface area contributed by atoms with Crippen LogP contribution in [0.5, 0.6) is 0 Å². The first-order valence-electron chi connectivity index (χ1n) is 15.9. The highest BCUT2D eigenvalue weighted by Crippen LogP contribution is 2.50. The molecule has 0 radical (unpaired) electrons. The molecule has 4 nitrogen and oxygen atoms in total. The molecule has 0 saturated carbocycles. The van der Waals surface area contributed by atoms with E-state index in [1.165, 1.54) is 54.0 Å². The van der Waals surface area contributed by atoms with Crippen LogP contribution >= 0.6 is 45.3 Å². The molecular formula is C36H42O4S4. The minimum absolute atomic E-state index is 0.231. The van der Waals surface area contributed by atoms with Crippen LogP contribution in [-0.2, 0) is 9.47 Å². The van der Waals surface area contributed by atoms with Gasteiger partial charge in [0.25, 0.3) is 0 Å². The van der Waals surface area contributed by atoms with Gasteiger partial charge in [-0.05, 0) is 71.8 Å². The van der Waals surface area contributed by atoms with Crippen molar-refractivity contribution in [3.05, 3.63) is 56.9 Å². The van der Waals surface area contributed by atoms with Crippen LogP contribution < -0.4 is 0 Å². The molecule has 4 aromatic heterocycles. The summed E-state index contributed by atoms with van der Waals surface area (Å²) in [6.45, 7) is 9.68. The standard InChI is InChI=1S/C36H42O4S4/c1-5-9-11-23(7-3)21-39-35(37)29-15-13-27(43-29)31-25-17-19-42-34(25)32(26-18-20-41-33(26)31)28-14-16-30(44-28)36(38)40-22-24(8-4)12-10-6-2/h13-20,23-24H,5-12,21-22H2,1-4H3. The predicted molar refractivity (Wildman–Crippen MR) is 191 cm³/mol. The smallest absolute Gasteiger partial charge is 0.348 e. The Morgan fingerprint density at radius 1 is 0.636 bits per heavy atom. The topological polar surface area (TPSA) is 52.6 Å².